The van der Waals surface area contributed by atoms with Crippen molar-refractivity contribution in [3.63, 3.8) is 0 Å². The van der Waals surface area contributed by atoms with Crippen LogP contribution in [-0.2, 0) is 4.79 Å². The SMILES string of the molecule is O=C(O)/C=C\c1cccc(Nc2cc(=O)oc3ccccc23)c1. The molecule has 0 atom stereocenters. The van der Waals surface area contributed by atoms with Gasteiger partial charge < -0.3 is 14.8 Å². The minimum absolute atomic E-state index is 0.437. The number of para-hydroxylation sites is 1. The molecule has 23 heavy (non-hydrogen) atoms. The fourth-order valence-electron chi connectivity index (χ4n) is 2.26. The molecule has 0 aliphatic heterocycles. The van der Waals surface area contributed by atoms with E-state index in [2.05, 4.69) is 5.32 Å². The molecule has 3 aromatic rings. The first-order chi connectivity index (χ1) is 11.1. The summed E-state index contributed by atoms with van der Waals surface area (Å²) in [6.07, 6.45) is 2.58. The van der Waals surface area contributed by atoms with E-state index in [0.717, 1.165) is 22.7 Å². The number of benzene rings is 2. The molecule has 0 saturated heterocycles. The monoisotopic (exact) mass is 307 g/mol. The molecule has 5 heteroatoms. The van der Waals surface area contributed by atoms with Gasteiger partial charge in [0.2, 0.25) is 0 Å². The van der Waals surface area contributed by atoms with Gasteiger partial charge in [0.25, 0.3) is 0 Å². The number of hydrogen-bond donors (Lipinski definition) is 2. The minimum atomic E-state index is -1.00. The Bertz CT molecular complexity index is 956. The van der Waals surface area contributed by atoms with Gasteiger partial charge in [-0.3, -0.25) is 0 Å². The fourth-order valence-corrected chi connectivity index (χ4v) is 2.26. The van der Waals surface area contributed by atoms with Gasteiger partial charge in [0, 0.05) is 23.2 Å². The van der Waals surface area contributed by atoms with Crippen LogP contribution in [0.1, 0.15) is 5.56 Å². The van der Waals surface area contributed by atoms with Crippen molar-refractivity contribution in [3.8, 4) is 0 Å². The van der Waals surface area contributed by atoms with Crippen molar-refractivity contribution < 1.29 is 14.3 Å². The van der Waals surface area contributed by atoms with Crippen molar-refractivity contribution in [1.82, 2.24) is 0 Å². The number of fused-ring (bicyclic) bond motifs is 1. The summed E-state index contributed by atoms with van der Waals surface area (Å²) in [5, 5.41) is 12.6. The first-order valence-corrected chi connectivity index (χ1v) is 6.93. The summed E-state index contributed by atoms with van der Waals surface area (Å²) in [7, 11) is 0. The topological polar surface area (TPSA) is 79.5 Å². The second-order valence-corrected chi connectivity index (χ2v) is 4.90. The maximum Gasteiger partial charge on any atom is 0.338 e. The Morgan fingerprint density at radius 2 is 1.91 bits per heavy atom. The maximum absolute atomic E-state index is 11.7. The highest BCUT2D eigenvalue weighted by molar-refractivity contribution is 5.91. The van der Waals surface area contributed by atoms with Gasteiger partial charge in [0.15, 0.2) is 0 Å². The van der Waals surface area contributed by atoms with Crippen LogP contribution in [0, 0.1) is 0 Å². The quantitative estimate of drug-likeness (QED) is 0.568. The molecule has 0 unspecified atom stereocenters. The van der Waals surface area contributed by atoms with Crippen molar-refractivity contribution in [3.05, 3.63) is 76.7 Å². The molecule has 0 aliphatic rings. The lowest BCUT2D eigenvalue weighted by Gasteiger charge is -2.09. The minimum Gasteiger partial charge on any atom is -0.478 e. The van der Waals surface area contributed by atoms with E-state index < -0.39 is 11.6 Å². The molecule has 0 radical (unpaired) electrons. The predicted octanol–water partition coefficient (Wildman–Crippen LogP) is 3.63. The number of carboxylic acids is 1. The third-order valence-electron chi connectivity index (χ3n) is 3.23. The summed E-state index contributed by atoms with van der Waals surface area (Å²) in [6, 6.07) is 15.9. The molecule has 0 saturated carbocycles. The molecule has 0 fully saturated rings. The number of aliphatic carboxylic acids is 1. The Balaban J connectivity index is 1.98. The van der Waals surface area contributed by atoms with Gasteiger partial charge >= 0.3 is 11.6 Å². The Kier molecular flexibility index (Phi) is 3.93. The number of hydrogen-bond acceptors (Lipinski definition) is 4. The highest BCUT2D eigenvalue weighted by Crippen LogP contribution is 2.25. The molecule has 114 valence electrons. The first-order valence-electron chi connectivity index (χ1n) is 6.93. The summed E-state index contributed by atoms with van der Waals surface area (Å²) in [4.78, 5) is 22.2. The van der Waals surface area contributed by atoms with Crippen molar-refractivity contribution in [2.45, 2.75) is 0 Å². The van der Waals surface area contributed by atoms with Gasteiger partial charge in [-0.2, -0.15) is 0 Å². The zero-order valence-electron chi connectivity index (χ0n) is 12.0. The summed E-state index contributed by atoms with van der Waals surface area (Å²) in [5.41, 5.74) is 2.19. The highest BCUT2D eigenvalue weighted by atomic mass is 16.4. The fraction of sp³-hybridized carbons (Fsp3) is 0. The Morgan fingerprint density at radius 3 is 2.74 bits per heavy atom. The molecule has 2 aromatic carbocycles. The summed E-state index contributed by atoms with van der Waals surface area (Å²) in [6.45, 7) is 0. The third kappa shape index (κ3) is 3.47. The molecular formula is C18H13NO4. The van der Waals surface area contributed by atoms with Gasteiger partial charge in [-0.15, -0.1) is 0 Å². The van der Waals surface area contributed by atoms with E-state index in [9.17, 15) is 9.59 Å². The average molecular weight is 307 g/mol. The van der Waals surface area contributed by atoms with Crippen LogP contribution in [0.15, 0.2) is 69.9 Å². The molecule has 0 bridgehead atoms. The second kappa shape index (κ2) is 6.19. The Labute approximate surface area is 131 Å². The third-order valence-corrected chi connectivity index (χ3v) is 3.23. The van der Waals surface area contributed by atoms with Crippen molar-refractivity contribution in [2.75, 3.05) is 5.32 Å². The molecule has 5 nitrogen and oxygen atoms in total. The van der Waals surface area contributed by atoms with Gasteiger partial charge in [0.1, 0.15) is 5.58 Å². The van der Waals surface area contributed by atoms with Crippen LogP contribution in [0.2, 0.25) is 0 Å². The first kappa shape index (κ1) is 14.6. The maximum atomic E-state index is 11.7. The molecule has 1 aromatic heterocycles. The highest BCUT2D eigenvalue weighted by Gasteiger charge is 2.05. The van der Waals surface area contributed by atoms with E-state index in [1.807, 2.05) is 18.2 Å². The summed E-state index contributed by atoms with van der Waals surface area (Å²) < 4.78 is 5.16. The van der Waals surface area contributed by atoms with Crippen molar-refractivity contribution >= 4 is 34.4 Å². The second-order valence-electron chi connectivity index (χ2n) is 4.90. The predicted molar refractivity (Wildman–Crippen MR) is 88.9 cm³/mol. The smallest absolute Gasteiger partial charge is 0.338 e. The average Bonchev–Trinajstić information content (AvgIpc) is 2.53. The number of rotatable bonds is 4. The number of carboxylic acid groups (broad SMARTS) is 1. The van der Waals surface area contributed by atoms with E-state index in [1.54, 1.807) is 30.3 Å². The molecule has 0 amide bonds. The van der Waals surface area contributed by atoms with Crippen LogP contribution in [0.25, 0.3) is 17.0 Å². The van der Waals surface area contributed by atoms with E-state index in [1.165, 1.54) is 12.1 Å². The molecule has 0 spiro atoms. The number of anilines is 2. The molecular weight excluding hydrogens is 294 g/mol. The van der Waals surface area contributed by atoms with Crippen molar-refractivity contribution in [1.29, 1.82) is 0 Å². The van der Waals surface area contributed by atoms with E-state index >= 15 is 0 Å². The van der Waals surface area contributed by atoms with Crippen molar-refractivity contribution in [2.24, 2.45) is 0 Å². The normalized spacial score (nSPS) is 11.0. The summed E-state index contributed by atoms with van der Waals surface area (Å²) in [5.74, 6) is -1.00. The zero-order chi connectivity index (χ0) is 16.2. The van der Waals surface area contributed by atoms with Crippen LogP contribution in [0.5, 0.6) is 0 Å². The number of nitrogens with one attached hydrogen (secondary N) is 1. The van der Waals surface area contributed by atoms with E-state index in [0.29, 0.717) is 11.3 Å². The molecule has 3 rings (SSSR count). The molecule has 1 heterocycles. The lowest BCUT2D eigenvalue weighted by Crippen LogP contribution is -2.01. The van der Waals surface area contributed by atoms with Crippen LogP contribution >= 0.6 is 0 Å². The van der Waals surface area contributed by atoms with E-state index in [-0.39, 0.29) is 0 Å². The Morgan fingerprint density at radius 1 is 1.09 bits per heavy atom. The lowest BCUT2D eigenvalue weighted by atomic mass is 10.1. The van der Waals surface area contributed by atoms with Gasteiger partial charge in [-0.25, -0.2) is 9.59 Å². The number of carbonyl (C=O) groups is 1. The largest absolute Gasteiger partial charge is 0.478 e. The van der Waals surface area contributed by atoms with Crippen LogP contribution in [-0.4, -0.2) is 11.1 Å². The van der Waals surface area contributed by atoms with Crippen LogP contribution < -0.4 is 10.9 Å². The van der Waals surface area contributed by atoms with Crippen LogP contribution in [0.4, 0.5) is 11.4 Å². The van der Waals surface area contributed by atoms with E-state index in [4.69, 9.17) is 9.52 Å². The standard InChI is InChI=1S/C18H13NO4/c20-17(21)9-8-12-4-3-5-13(10-12)19-15-11-18(22)23-16-7-2-1-6-14(15)16/h1-11,19H,(H,20,21)/b9-8-. The van der Waals surface area contributed by atoms with Gasteiger partial charge in [0.05, 0.1) is 5.69 Å². The van der Waals surface area contributed by atoms with Crippen LogP contribution in [0.3, 0.4) is 0 Å². The zero-order valence-corrected chi connectivity index (χ0v) is 12.0. The van der Waals surface area contributed by atoms with Gasteiger partial charge in [-0.1, -0.05) is 24.3 Å². The van der Waals surface area contributed by atoms with Gasteiger partial charge in [-0.05, 0) is 35.9 Å². The Hall–Kier alpha value is -3.34. The molecule has 0 aliphatic carbocycles. The summed E-state index contributed by atoms with van der Waals surface area (Å²) >= 11 is 0. The lowest BCUT2D eigenvalue weighted by molar-refractivity contribution is -0.131. The molecule has 2 N–H and O–H groups in total.